The number of carboxylic acid groups (broad SMARTS) is 1. The minimum absolute atomic E-state index is 0.00588. The summed E-state index contributed by atoms with van der Waals surface area (Å²) in [6.07, 6.45) is -5.84. The van der Waals surface area contributed by atoms with Crippen LogP contribution >= 0.6 is 0 Å². The highest BCUT2D eigenvalue weighted by Crippen LogP contribution is 2.47. The lowest BCUT2D eigenvalue weighted by atomic mass is 9.86. The average Bonchev–Trinajstić information content (AvgIpc) is 2.74. The van der Waals surface area contributed by atoms with E-state index in [1.54, 1.807) is 0 Å². The molecule has 2 aliphatic rings. The molecule has 1 aromatic carbocycles. The van der Waals surface area contributed by atoms with E-state index >= 15 is 0 Å². The maximum Gasteiger partial charge on any atom is 0.420 e. The zero-order chi connectivity index (χ0) is 23.4. The number of hydrogen-bond donors (Lipinski definition) is 1. The standard InChI is InChI=1S/C19H23F5N2O4S/c1-17(2,16(27)28)10-30-14-7-15-13(6-12(14)19(22,23)24)26(5-4-25(3)31(15)29)11-8-18(20,21)9-11/h6-7,11H,4-5,8-10H2,1-3H3,(H,27,28). The van der Waals surface area contributed by atoms with E-state index in [0.717, 1.165) is 12.1 Å². The molecule has 1 unspecified atom stereocenters. The molecule has 1 N–H and O–H groups in total. The first-order valence-corrected chi connectivity index (χ1v) is 10.6. The van der Waals surface area contributed by atoms with Crippen LogP contribution in [0.1, 0.15) is 32.3 Å². The van der Waals surface area contributed by atoms with E-state index in [0.29, 0.717) is 0 Å². The van der Waals surface area contributed by atoms with Gasteiger partial charge in [0.2, 0.25) is 0 Å². The minimum Gasteiger partial charge on any atom is -0.492 e. The van der Waals surface area contributed by atoms with Gasteiger partial charge in [0.25, 0.3) is 5.92 Å². The SMILES string of the molecule is CN1CCN(C2CC(F)(F)C2)c2cc(C(F)(F)F)c(OCC(C)(C)C(=O)O)cc2S1=O. The van der Waals surface area contributed by atoms with E-state index < -0.39 is 71.3 Å². The predicted molar refractivity (Wildman–Crippen MR) is 103 cm³/mol. The van der Waals surface area contributed by atoms with Crippen molar-refractivity contribution in [3.05, 3.63) is 17.7 Å². The molecule has 0 aromatic heterocycles. The van der Waals surface area contributed by atoms with Gasteiger partial charge in [0.15, 0.2) is 0 Å². The van der Waals surface area contributed by atoms with Gasteiger partial charge in [-0.15, -0.1) is 0 Å². The third kappa shape index (κ3) is 4.79. The Balaban J connectivity index is 2.07. The number of ether oxygens (including phenoxy) is 1. The molecule has 1 saturated carbocycles. The van der Waals surface area contributed by atoms with Crippen molar-refractivity contribution in [2.75, 3.05) is 31.6 Å². The van der Waals surface area contributed by atoms with E-state index in [4.69, 9.17) is 4.74 Å². The molecule has 1 aromatic rings. The maximum absolute atomic E-state index is 13.8. The number of likely N-dealkylation sites (N-methyl/N-ethyl adjacent to an activating group) is 1. The molecule has 1 heterocycles. The topological polar surface area (TPSA) is 70.1 Å². The highest BCUT2D eigenvalue weighted by Gasteiger charge is 2.49. The first kappa shape index (κ1) is 23.7. The number of halogens is 5. The van der Waals surface area contributed by atoms with E-state index in [-0.39, 0.29) is 23.7 Å². The summed E-state index contributed by atoms with van der Waals surface area (Å²) in [6.45, 7) is 2.39. The summed E-state index contributed by atoms with van der Waals surface area (Å²) in [6, 6.07) is 1.08. The number of carboxylic acids is 1. The minimum atomic E-state index is -4.85. The Bertz CT molecular complexity index is 898. The van der Waals surface area contributed by atoms with Crippen molar-refractivity contribution in [2.45, 2.75) is 49.7 Å². The molecule has 1 atom stereocenters. The molecule has 31 heavy (non-hydrogen) atoms. The van der Waals surface area contributed by atoms with Crippen LogP contribution in [0.4, 0.5) is 27.6 Å². The second kappa shape index (κ2) is 7.88. The van der Waals surface area contributed by atoms with Gasteiger partial charge < -0.3 is 14.7 Å². The first-order chi connectivity index (χ1) is 14.1. The van der Waals surface area contributed by atoms with Crippen LogP contribution < -0.4 is 9.64 Å². The van der Waals surface area contributed by atoms with Crippen molar-refractivity contribution in [1.29, 1.82) is 0 Å². The normalized spacial score (nSPS) is 22.5. The van der Waals surface area contributed by atoms with Crippen LogP contribution in [0, 0.1) is 5.41 Å². The van der Waals surface area contributed by atoms with Crippen LogP contribution in [0.5, 0.6) is 5.75 Å². The van der Waals surface area contributed by atoms with E-state index in [9.17, 15) is 36.1 Å². The summed E-state index contributed by atoms with van der Waals surface area (Å²) < 4.78 is 87.8. The summed E-state index contributed by atoms with van der Waals surface area (Å²) in [5.74, 6) is -4.78. The van der Waals surface area contributed by atoms with Gasteiger partial charge in [-0.25, -0.2) is 17.3 Å². The molecule has 1 aliphatic heterocycles. The van der Waals surface area contributed by atoms with Gasteiger partial charge in [0.1, 0.15) is 23.3 Å². The molecule has 3 rings (SSSR count). The van der Waals surface area contributed by atoms with Gasteiger partial charge in [0.05, 0.1) is 21.6 Å². The second-order valence-corrected chi connectivity index (χ2v) is 10.1. The number of aliphatic carboxylic acids is 1. The third-order valence-corrected chi connectivity index (χ3v) is 6.93. The molecule has 0 bridgehead atoms. The summed E-state index contributed by atoms with van der Waals surface area (Å²) in [5, 5.41) is 9.20. The van der Waals surface area contributed by atoms with Crippen LogP contribution in [0.2, 0.25) is 0 Å². The molecular weight excluding hydrogens is 447 g/mol. The van der Waals surface area contributed by atoms with Crippen molar-refractivity contribution < 1.29 is 40.8 Å². The highest BCUT2D eigenvalue weighted by molar-refractivity contribution is 7.82. The number of hydrogen-bond acceptors (Lipinski definition) is 4. The number of nitrogens with zero attached hydrogens (tertiary/aromatic N) is 2. The van der Waals surface area contributed by atoms with E-state index in [1.165, 1.54) is 30.1 Å². The quantitative estimate of drug-likeness (QED) is 0.664. The highest BCUT2D eigenvalue weighted by atomic mass is 32.2. The van der Waals surface area contributed by atoms with Crippen LogP contribution in [0.25, 0.3) is 0 Å². The number of alkyl halides is 5. The molecule has 0 spiro atoms. The first-order valence-electron chi connectivity index (χ1n) is 9.51. The maximum atomic E-state index is 13.8. The smallest absolute Gasteiger partial charge is 0.420 e. The Morgan fingerprint density at radius 2 is 1.87 bits per heavy atom. The van der Waals surface area contributed by atoms with Crippen LogP contribution in [0.3, 0.4) is 0 Å². The lowest BCUT2D eigenvalue weighted by Gasteiger charge is -2.43. The van der Waals surface area contributed by atoms with Gasteiger partial charge in [-0.05, 0) is 19.9 Å². The fourth-order valence-corrected chi connectivity index (χ4v) is 4.57. The van der Waals surface area contributed by atoms with Crippen molar-refractivity contribution in [1.82, 2.24) is 4.31 Å². The Hall–Kier alpha value is -1.95. The molecule has 174 valence electrons. The lowest BCUT2D eigenvalue weighted by Crippen LogP contribution is -2.52. The van der Waals surface area contributed by atoms with Gasteiger partial charge >= 0.3 is 12.1 Å². The molecule has 0 radical (unpaired) electrons. The van der Waals surface area contributed by atoms with Crippen LogP contribution in [-0.4, -0.2) is 58.3 Å². The predicted octanol–water partition coefficient (Wildman–Crippen LogP) is 3.77. The molecule has 0 amide bonds. The van der Waals surface area contributed by atoms with Gasteiger partial charge in [0, 0.05) is 45.1 Å². The van der Waals surface area contributed by atoms with E-state index in [2.05, 4.69) is 0 Å². The van der Waals surface area contributed by atoms with Crippen molar-refractivity contribution >= 4 is 22.6 Å². The largest absolute Gasteiger partial charge is 0.492 e. The molecular formula is C19H23F5N2O4S. The zero-order valence-corrected chi connectivity index (χ0v) is 17.9. The average molecular weight is 470 g/mol. The molecule has 1 aliphatic carbocycles. The Morgan fingerprint density at radius 1 is 1.26 bits per heavy atom. The van der Waals surface area contributed by atoms with Crippen LogP contribution in [0.15, 0.2) is 17.0 Å². The van der Waals surface area contributed by atoms with Gasteiger partial charge in [-0.3, -0.25) is 4.79 Å². The second-order valence-electron chi connectivity index (χ2n) is 8.50. The van der Waals surface area contributed by atoms with Crippen molar-refractivity contribution in [3.8, 4) is 5.75 Å². The van der Waals surface area contributed by atoms with E-state index in [1.807, 2.05) is 0 Å². The molecule has 12 heteroatoms. The lowest BCUT2D eigenvalue weighted by molar-refractivity contribution is -0.148. The van der Waals surface area contributed by atoms with Gasteiger partial charge in [-0.2, -0.15) is 13.2 Å². The fraction of sp³-hybridized carbons (Fsp3) is 0.632. The van der Waals surface area contributed by atoms with Crippen molar-refractivity contribution in [2.24, 2.45) is 5.41 Å². The zero-order valence-electron chi connectivity index (χ0n) is 17.1. The molecule has 6 nitrogen and oxygen atoms in total. The molecule has 0 saturated heterocycles. The van der Waals surface area contributed by atoms with Crippen molar-refractivity contribution in [3.63, 3.8) is 0 Å². The number of anilines is 1. The third-order valence-electron chi connectivity index (χ3n) is 5.48. The van der Waals surface area contributed by atoms with Gasteiger partial charge in [-0.1, -0.05) is 0 Å². The number of fused-ring (bicyclic) bond motifs is 1. The summed E-state index contributed by atoms with van der Waals surface area (Å²) in [7, 11) is -0.332. The summed E-state index contributed by atoms with van der Waals surface area (Å²) >= 11 is 0. The number of benzene rings is 1. The summed E-state index contributed by atoms with van der Waals surface area (Å²) in [4.78, 5) is 12.7. The summed E-state index contributed by atoms with van der Waals surface area (Å²) in [5.41, 5.74) is -2.67. The Labute approximate surface area is 178 Å². The Kier molecular flexibility index (Phi) is 6.02. The monoisotopic (exact) mass is 470 g/mol. The number of rotatable bonds is 5. The Morgan fingerprint density at radius 3 is 2.39 bits per heavy atom. The number of carbonyl (C=O) groups is 1. The molecule has 1 fully saturated rings. The fourth-order valence-electron chi connectivity index (χ4n) is 3.42. The van der Waals surface area contributed by atoms with Crippen LogP contribution in [-0.2, 0) is 22.0 Å².